The van der Waals surface area contributed by atoms with E-state index in [2.05, 4.69) is 31.2 Å². The summed E-state index contributed by atoms with van der Waals surface area (Å²) in [5.74, 6) is -0.204. The largest absolute Gasteiger partial charge is 0.433 e. The second kappa shape index (κ2) is 15.6. The molecule has 0 amide bonds. The van der Waals surface area contributed by atoms with Crippen molar-refractivity contribution in [2.75, 3.05) is 0 Å². The molecule has 3 heterocycles. The Hall–Kier alpha value is -4.78. The van der Waals surface area contributed by atoms with E-state index in [0.717, 1.165) is 45.0 Å². The number of carbonyl (C=O) groups is 2. The Morgan fingerprint density at radius 3 is 1.86 bits per heavy atom. The fourth-order valence-corrected chi connectivity index (χ4v) is 6.50. The van der Waals surface area contributed by atoms with Crippen molar-refractivity contribution in [1.29, 1.82) is 0 Å². The standard InChI is InChI=1S/C19H18BrF3N2O.C19H17F3N2O/c1-11(14-8-9-24-17(10-14)19(21,22)23)25-12(2)18(13(3)26)15-6-4-5-7-16(15)20;1-11(14-8-9-23-17(10-14)19(20,21)22)24-12(2)18(13(3)25)15-6-4-5-7-16(15)24/h4-11,25H,1-3H3;4-11H,1-3H3/b18-12+;. The first-order chi connectivity index (χ1) is 23.8. The van der Waals surface area contributed by atoms with Crippen molar-refractivity contribution in [3.63, 3.8) is 0 Å². The Bertz CT molecular complexity index is 2100. The van der Waals surface area contributed by atoms with Gasteiger partial charge in [-0.2, -0.15) is 26.3 Å². The Morgan fingerprint density at radius 1 is 0.784 bits per heavy atom. The Kier molecular flexibility index (Phi) is 12.0. The predicted octanol–water partition coefficient (Wildman–Crippen LogP) is 10.7. The minimum atomic E-state index is -4.50. The van der Waals surface area contributed by atoms with Crippen LogP contribution in [0.2, 0.25) is 0 Å². The van der Waals surface area contributed by atoms with Gasteiger partial charge in [-0.05, 0) is 89.1 Å². The second-order valence-corrected chi connectivity index (χ2v) is 12.8. The van der Waals surface area contributed by atoms with Gasteiger partial charge in [-0.1, -0.05) is 52.3 Å². The number of hydrogen-bond acceptors (Lipinski definition) is 5. The number of halogens is 7. The van der Waals surface area contributed by atoms with E-state index in [0.29, 0.717) is 28.0 Å². The number of nitrogens with one attached hydrogen (secondary N) is 1. The van der Waals surface area contributed by atoms with Crippen LogP contribution in [-0.2, 0) is 17.1 Å². The minimum absolute atomic E-state index is 0.0645. The molecule has 1 N–H and O–H groups in total. The number of carbonyl (C=O) groups excluding carboxylic acids is 2. The molecule has 13 heteroatoms. The van der Waals surface area contributed by atoms with Gasteiger partial charge in [0.2, 0.25) is 0 Å². The molecular weight excluding hydrogens is 738 g/mol. The Balaban J connectivity index is 0.000000229. The van der Waals surface area contributed by atoms with Gasteiger partial charge in [0, 0.05) is 61.9 Å². The number of ketones is 2. The highest BCUT2D eigenvalue weighted by Crippen LogP contribution is 2.35. The van der Waals surface area contributed by atoms with Crippen LogP contribution in [0, 0.1) is 6.92 Å². The smallest absolute Gasteiger partial charge is 0.381 e. The van der Waals surface area contributed by atoms with Gasteiger partial charge in [-0.25, -0.2) is 0 Å². The van der Waals surface area contributed by atoms with Gasteiger partial charge >= 0.3 is 12.4 Å². The lowest BCUT2D eigenvalue weighted by Crippen LogP contribution is -2.20. The molecule has 3 aromatic heterocycles. The molecule has 0 bridgehead atoms. The normalized spacial score (nSPS) is 13.5. The van der Waals surface area contributed by atoms with Crippen molar-refractivity contribution in [3.8, 4) is 0 Å². The van der Waals surface area contributed by atoms with Gasteiger partial charge in [-0.3, -0.25) is 19.6 Å². The van der Waals surface area contributed by atoms with Gasteiger partial charge in [0.15, 0.2) is 11.6 Å². The maximum atomic E-state index is 13.0. The lowest BCUT2D eigenvalue weighted by atomic mass is 9.99. The first-order valence-corrected chi connectivity index (χ1v) is 16.5. The van der Waals surface area contributed by atoms with E-state index in [1.807, 2.05) is 66.9 Å². The number of fused-ring (bicyclic) bond motifs is 1. The molecule has 0 radical (unpaired) electrons. The number of hydrogen-bond donors (Lipinski definition) is 1. The molecule has 0 fully saturated rings. The van der Waals surface area contributed by atoms with Gasteiger partial charge in [0.25, 0.3) is 0 Å². The highest BCUT2D eigenvalue weighted by atomic mass is 79.9. The summed E-state index contributed by atoms with van der Waals surface area (Å²) in [6.45, 7) is 10.1. The zero-order chi connectivity index (χ0) is 37.8. The van der Waals surface area contributed by atoms with Gasteiger partial charge < -0.3 is 9.88 Å². The molecule has 268 valence electrons. The third-order valence-corrected chi connectivity index (χ3v) is 9.02. The summed E-state index contributed by atoms with van der Waals surface area (Å²) >= 11 is 3.43. The highest BCUT2D eigenvalue weighted by Gasteiger charge is 2.34. The van der Waals surface area contributed by atoms with E-state index in [4.69, 9.17) is 0 Å². The number of allylic oxidation sites excluding steroid dienone is 2. The fourth-order valence-electron chi connectivity index (χ4n) is 6.02. The first-order valence-electron chi connectivity index (χ1n) is 15.7. The van der Waals surface area contributed by atoms with Crippen molar-refractivity contribution < 1.29 is 35.9 Å². The average Bonchev–Trinajstić information content (AvgIpc) is 3.36. The molecule has 6 nitrogen and oxygen atoms in total. The zero-order valence-electron chi connectivity index (χ0n) is 28.5. The lowest BCUT2D eigenvalue weighted by molar-refractivity contribution is -0.142. The molecule has 0 aliphatic heterocycles. The van der Waals surface area contributed by atoms with Crippen LogP contribution >= 0.6 is 15.9 Å². The summed E-state index contributed by atoms with van der Waals surface area (Å²) in [6, 6.07) is 19.1. The van der Waals surface area contributed by atoms with E-state index in [1.165, 1.54) is 26.1 Å². The van der Waals surface area contributed by atoms with Gasteiger partial charge in [-0.15, -0.1) is 0 Å². The van der Waals surface area contributed by atoms with Crippen LogP contribution < -0.4 is 5.32 Å². The fraction of sp³-hybridized carbons (Fsp3) is 0.263. The van der Waals surface area contributed by atoms with Crippen molar-refractivity contribution in [3.05, 3.63) is 135 Å². The molecule has 2 atom stereocenters. The third-order valence-electron chi connectivity index (χ3n) is 8.33. The van der Waals surface area contributed by atoms with Crippen LogP contribution in [0.1, 0.15) is 90.8 Å². The molecule has 0 aliphatic carbocycles. The summed E-state index contributed by atoms with van der Waals surface area (Å²) in [5, 5.41) is 3.93. The number of nitrogens with zero attached hydrogens (tertiary/aromatic N) is 3. The topological polar surface area (TPSA) is 76.9 Å². The predicted molar refractivity (Wildman–Crippen MR) is 188 cm³/mol. The quantitative estimate of drug-likeness (QED) is 0.0965. The van der Waals surface area contributed by atoms with E-state index in [-0.39, 0.29) is 17.6 Å². The molecule has 0 saturated heterocycles. The van der Waals surface area contributed by atoms with Crippen molar-refractivity contribution >= 4 is 44.0 Å². The van der Waals surface area contributed by atoms with E-state index in [9.17, 15) is 35.9 Å². The lowest BCUT2D eigenvalue weighted by Gasteiger charge is -2.20. The number of pyridine rings is 2. The van der Waals surface area contributed by atoms with Crippen LogP contribution in [0.4, 0.5) is 26.3 Å². The molecule has 0 saturated carbocycles. The zero-order valence-corrected chi connectivity index (χ0v) is 30.1. The summed E-state index contributed by atoms with van der Waals surface area (Å²) < 4.78 is 80.1. The third kappa shape index (κ3) is 8.94. The first kappa shape index (κ1) is 39.0. The van der Waals surface area contributed by atoms with Crippen LogP contribution in [-0.4, -0.2) is 26.1 Å². The average molecular weight is 774 g/mol. The number of Topliss-reactive ketones (excluding diaryl/α,β-unsaturated/α-hetero) is 2. The molecule has 5 rings (SSSR count). The maximum Gasteiger partial charge on any atom is 0.433 e. The summed E-state index contributed by atoms with van der Waals surface area (Å²) in [7, 11) is 0. The van der Waals surface area contributed by atoms with Crippen molar-refractivity contribution in [2.45, 2.75) is 66.0 Å². The second-order valence-electron chi connectivity index (χ2n) is 11.9. The van der Waals surface area contributed by atoms with Crippen molar-refractivity contribution in [2.24, 2.45) is 0 Å². The molecule has 2 unspecified atom stereocenters. The molecular formula is C38H35BrF6N4O2. The number of benzene rings is 2. The Morgan fingerprint density at radius 2 is 1.31 bits per heavy atom. The number of para-hydroxylation sites is 1. The summed E-state index contributed by atoms with van der Waals surface area (Å²) in [5.41, 5.74) is 3.02. The monoisotopic (exact) mass is 772 g/mol. The summed E-state index contributed by atoms with van der Waals surface area (Å²) in [6.07, 6.45) is -6.69. The number of alkyl halides is 6. The molecule has 51 heavy (non-hydrogen) atoms. The van der Waals surface area contributed by atoms with Crippen LogP contribution in [0.15, 0.2) is 95.4 Å². The Labute approximate surface area is 299 Å². The van der Waals surface area contributed by atoms with E-state index in [1.54, 1.807) is 19.9 Å². The van der Waals surface area contributed by atoms with Crippen LogP contribution in [0.5, 0.6) is 0 Å². The number of aromatic nitrogens is 3. The SMILES string of the molecule is CC(=O)/C(=C(/C)NC(C)c1ccnc(C(F)(F)F)c1)c1ccccc1Br.CC(=O)c1c(C)n(C(C)c2ccnc(C(F)(F)F)c2)c2ccccc12. The molecule has 2 aromatic carbocycles. The van der Waals surface area contributed by atoms with Gasteiger partial charge in [0.05, 0.1) is 6.04 Å². The van der Waals surface area contributed by atoms with Crippen LogP contribution in [0.3, 0.4) is 0 Å². The number of rotatable bonds is 8. The maximum absolute atomic E-state index is 13.0. The van der Waals surface area contributed by atoms with Gasteiger partial charge in [0.1, 0.15) is 11.4 Å². The summed E-state index contributed by atoms with van der Waals surface area (Å²) in [4.78, 5) is 31.0. The van der Waals surface area contributed by atoms with E-state index < -0.39 is 29.8 Å². The molecule has 0 spiro atoms. The molecule has 0 aliphatic rings. The van der Waals surface area contributed by atoms with Crippen molar-refractivity contribution in [1.82, 2.24) is 19.9 Å². The van der Waals surface area contributed by atoms with E-state index >= 15 is 0 Å². The molecule has 5 aromatic rings. The minimum Gasteiger partial charge on any atom is -0.381 e. The van der Waals surface area contributed by atoms with Crippen LogP contribution in [0.25, 0.3) is 16.5 Å². The highest BCUT2D eigenvalue weighted by molar-refractivity contribution is 9.10.